The van der Waals surface area contributed by atoms with Gasteiger partial charge in [0.05, 0.1) is 5.57 Å². The van der Waals surface area contributed by atoms with E-state index >= 15 is 0 Å². The zero-order chi connectivity index (χ0) is 20.9. The van der Waals surface area contributed by atoms with Crippen molar-refractivity contribution in [2.45, 2.75) is 59.1 Å². The van der Waals surface area contributed by atoms with Gasteiger partial charge in [-0.1, -0.05) is 43.4 Å². The lowest BCUT2D eigenvalue weighted by Crippen LogP contribution is -2.38. The second-order valence-electron chi connectivity index (χ2n) is 7.21. The van der Waals surface area contributed by atoms with Crippen LogP contribution in [0.4, 0.5) is 22.0 Å². The Bertz CT molecular complexity index is 750. The van der Waals surface area contributed by atoms with E-state index < -0.39 is 17.7 Å². The standard InChI is InChI=1S/C21H23F5O/c1-15(10-11-18-16(2)8-6-13-19(18,3)4)7-5-9-17(12-14-27)20(22,23)21(24,25)26/h7,10-12,14H,6,8,13H2,1-4H3/b11-10+,15-7+,17-12+. The second-order valence-corrected chi connectivity index (χ2v) is 7.21. The number of halogens is 5. The van der Waals surface area contributed by atoms with Crippen molar-refractivity contribution in [1.82, 2.24) is 0 Å². The van der Waals surface area contributed by atoms with E-state index in [0.717, 1.165) is 19.3 Å². The van der Waals surface area contributed by atoms with Crippen molar-refractivity contribution in [1.29, 1.82) is 0 Å². The van der Waals surface area contributed by atoms with Crippen molar-refractivity contribution in [3.05, 3.63) is 46.6 Å². The first kappa shape index (κ1) is 22.9. The molecule has 0 saturated heterocycles. The molecule has 1 aliphatic carbocycles. The van der Waals surface area contributed by atoms with Crippen LogP contribution in [0.15, 0.2) is 46.6 Å². The highest BCUT2D eigenvalue weighted by Gasteiger charge is 2.59. The Morgan fingerprint density at radius 2 is 1.81 bits per heavy atom. The van der Waals surface area contributed by atoms with Gasteiger partial charge in [0.2, 0.25) is 0 Å². The molecule has 0 aromatic carbocycles. The smallest absolute Gasteiger partial charge is 0.299 e. The number of alkyl halides is 5. The Morgan fingerprint density at radius 1 is 1.19 bits per heavy atom. The lowest BCUT2D eigenvalue weighted by molar-refractivity contribution is -0.262. The van der Waals surface area contributed by atoms with E-state index in [2.05, 4.69) is 26.7 Å². The van der Waals surface area contributed by atoms with Gasteiger partial charge in [0.1, 0.15) is 6.29 Å². The van der Waals surface area contributed by atoms with E-state index in [1.807, 2.05) is 6.08 Å². The second kappa shape index (κ2) is 8.69. The van der Waals surface area contributed by atoms with E-state index in [4.69, 9.17) is 0 Å². The number of carbonyl (C=O) groups excluding carboxylic acids is 1. The summed E-state index contributed by atoms with van der Waals surface area (Å²) in [6, 6.07) is 0. The Hall–Kier alpha value is -2.16. The number of aldehydes is 1. The normalized spacial score (nSPS) is 19.1. The Kier molecular flexibility index (Phi) is 7.36. The molecular weight excluding hydrogens is 363 g/mol. The molecule has 0 atom stereocenters. The third kappa shape index (κ3) is 5.92. The molecule has 0 aliphatic heterocycles. The van der Waals surface area contributed by atoms with Gasteiger partial charge in [-0.05, 0) is 61.8 Å². The molecule has 0 spiro atoms. The lowest BCUT2D eigenvalue weighted by atomic mass is 9.72. The summed E-state index contributed by atoms with van der Waals surface area (Å²) in [6.07, 6.45) is 2.31. The third-order valence-electron chi connectivity index (χ3n) is 4.49. The summed E-state index contributed by atoms with van der Waals surface area (Å²) in [5, 5.41) is 0. The molecule has 0 amide bonds. The molecule has 0 aromatic heterocycles. The molecule has 0 unspecified atom stereocenters. The van der Waals surface area contributed by atoms with Crippen LogP contribution < -0.4 is 0 Å². The minimum Gasteiger partial charge on any atom is -0.299 e. The molecule has 0 radical (unpaired) electrons. The van der Waals surface area contributed by atoms with Crippen LogP contribution in [-0.4, -0.2) is 18.4 Å². The van der Waals surface area contributed by atoms with Crippen LogP contribution in [0.3, 0.4) is 0 Å². The Balaban J connectivity index is 3.06. The summed E-state index contributed by atoms with van der Waals surface area (Å²) in [4.78, 5) is 10.4. The van der Waals surface area contributed by atoms with E-state index in [1.165, 1.54) is 17.2 Å². The average molecular weight is 386 g/mol. The molecule has 0 N–H and O–H groups in total. The predicted molar refractivity (Wildman–Crippen MR) is 96.2 cm³/mol. The van der Waals surface area contributed by atoms with E-state index in [9.17, 15) is 26.7 Å². The molecule has 1 rings (SSSR count). The van der Waals surface area contributed by atoms with Crippen LogP contribution in [-0.2, 0) is 4.79 Å². The minimum absolute atomic E-state index is 0.0272. The summed E-state index contributed by atoms with van der Waals surface area (Å²) in [5.74, 6) is -1.24. The molecule has 1 aliphatic rings. The van der Waals surface area contributed by atoms with Crippen LogP contribution in [0.25, 0.3) is 0 Å². The zero-order valence-corrected chi connectivity index (χ0v) is 15.8. The van der Waals surface area contributed by atoms with Crippen LogP contribution in [0.5, 0.6) is 0 Å². The van der Waals surface area contributed by atoms with Gasteiger partial charge >= 0.3 is 12.1 Å². The number of hydrogen-bond donors (Lipinski definition) is 0. The highest BCUT2D eigenvalue weighted by atomic mass is 19.4. The van der Waals surface area contributed by atoms with Crippen molar-refractivity contribution in [3.8, 4) is 11.8 Å². The van der Waals surface area contributed by atoms with Gasteiger partial charge in [-0.2, -0.15) is 22.0 Å². The van der Waals surface area contributed by atoms with Crippen LogP contribution in [0, 0.1) is 17.3 Å². The first-order valence-electron chi connectivity index (χ1n) is 8.50. The summed E-state index contributed by atoms with van der Waals surface area (Å²) >= 11 is 0. The molecule has 1 nitrogen and oxygen atoms in total. The molecule has 0 aromatic rings. The number of carbonyl (C=O) groups is 1. The average Bonchev–Trinajstić information content (AvgIpc) is 2.51. The fourth-order valence-electron chi connectivity index (χ4n) is 2.95. The van der Waals surface area contributed by atoms with Gasteiger partial charge in [-0.3, -0.25) is 4.79 Å². The predicted octanol–water partition coefficient (Wildman–Crippen LogP) is 6.34. The fraction of sp³-hybridized carbons (Fsp3) is 0.476. The molecule has 27 heavy (non-hydrogen) atoms. The highest BCUT2D eigenvalue weighted by Crippen LogP contribution is 2.41. The first-order chi connectivity index (χ1) is 12.3. The largest absolute Gasteiger partial charge is 0.458 e. The number of hydrogen-bond acceptors (Lipinski definition) is 1. The molecule has 148 valence electrons. The van der Waals surface area contributed by atoms with Gasteiger partial charge in [0.25, 0.3) is 0 Å². The molecular formula is C21H23F5O. The number of rotatable bonds is 4. The first-order valence-corrected chi connectivity index (χ1v) is 8.50. The minimum atomic E-state index is -5.81. The third-order valence-corrected chi connectivity index (χ3v) is 4.49. The van der Waals surface area contributed by atoms with Gasteiger partial charge < -0.3 is 0 Å². The van der Waals surface area contributed by atoms with Gasteiger partial charge in [-0.15, -0.1) is 0 Å². The monoisotopic (exact) mass is 386 g/mol. The molecule has 0 fully saturated rings. The van der Waals surface area contributed by atoms with Crippen molar-refractivity contribution < 1.29 is 26.7 Å². The maximum absolute atomic E-state index is 13.3. The summed E-state index contributed by atoms with van der Waals surface area (Å²) < 4.78 is 63.9. The van der Waals surface area contributed by atoms with Gasteiger partial charge in [0, 0.05) is 0 Å². The SMILES string of the molecule is CC1=C(/C=C/C(C)=C/C#C/C(=C\C=O)C(F)(F)C(F)(F)F)C(C)(C)CCC1. The van der Waals surface area contributed by atoms with E-state index in [-0.39, 0.29) is 17.8 Å². The van der Waals surface area contributed by atoms with Crippen LogP contribution >= 0.6 is 0 Å². The Labute approximate surface area is 156 Å². The molecule has 0 saturated carbocycles. The van der Waals surface area contributed by atoms with E-state index in [1.54, 1.807) is 18.9 Å². The van der Waals surface area contributed by atoms with Crippen molar-refractivity contribution in [2.75, 3.05) is 0 Å². The number of allylic oxidation sites excluding steroid dienone is 8. The molecule has 6 heteroatoms. The van der Waals surface area contributed by atoms with Crippen molar-refractivity contribution >= 4 is 6.29 Å². The van der Waals surface area contributed by atoms with Crippen molar-refractivity contribution in [3.63, 3.8) is 0 Å². The highest BCUT2D eigenvalue weighted by molar-refractivity contribution is 5.69. The van der Waals surface area contributed by atoms with Gasteiger partial charge in [0.15, 0.2) is 0 Å². The quantitative estimate of drug-likeness (QED) is 0.181. The summed E-state index contributed by atoms with van der Waals surface area (Å²) in [6.45, 7) is 8.02. The van der Waals surface area contributed by atoms with Crippen LogP contribution in [0.1, 0.15) is 47.0 Å². The maximum Gasteiger partial charge on any atom is 0.458 e. The topological polar surface area (TPSA) is 17.1 Å². The lowest BCUT2D eigenvalue weighted by Gasteiger charge is -2.32. The maximum atomic E-state index is 13.3. The summed E-state index contributed by atoms with van der Waals surface area (Å²) in [5.41, 5.74) is 1.52. The zero-order valence-electron chi connectivity index (χ0n) is 15.8. The van der Waals surface area contributed by atoms with Crippen molar-refractivity contribution in [2.24, 2.45) is 5.41 Å². The molecule has 0 bridgehead atoms. The Morgan fingerprint density at radius 3 is 2.33 bits per heavy atom. The van der Waals surface area contributed by atoms with Crippen LogP contribution in [0.2, 0.25) is 0 Å². The molecule has 0 heterocycles. The van der Waals surface area contributed by atoms with Gasteiger partial charge in [-0.25, -0.2) is 0 Å². The fourth-order valence-corrected chi connectivity index (χ4v) is 2.95. The van der Waals surface area contributed by atoms with E-state index in [0.29, 0.717) is 5.57 Å². The summed E-state index contributed by atoms with van der Waals surface area (Å²) in [7, 11) is 0.